The Balaban J connectivity index is 1.45. The summed E-state index contributed by atoms with van der Waals surface area (Å²) in [5.41, 5.74) is 1.87. The molecule has 1 amide bonds. The summed E-state index contributed by atoms with van der Waals surface area (Å²) in [6.45, 7) is 10.8. The van der Waals surface area contributed by atoms with E-state index in [4.69, 9.17) is 9.47 Å². The van der Waals surface area contributed by atoms with Gasteiger partial charge in [0.2, 0.25) is 0 Å². The number of aryl methyl sites for hydroxylation is 2. The van der Waals surface area contributed by atoms with Crippen LogP contribution < -0.4 is 4.74 Å². The first kappa shape index (κ1) is 28.1. The van der Waals surface area contributed by atoms with Crippen LogP contribution in [-0.4, -0.2) is 115 Å². The van der Waals surface area contributed by atoms with Crippen LogP contribution in [0, 0.1) is 13.8 Å². The molecule has 9 heteroatoms. The summed E-state index contributed by atoms with van der Waals surface area (Å²) in [6.07, 6.45) is 2.92. The normalized spacial score (nSPS) is 21.9. The number of ether oxygens (including phenoxy) is 2. The molecule has 2 saturated heterocycles. The number of carbonyl (C=O) groups is 1. The van der Waals surface area contributed by atoms with E-state index < -0.39 is 17.1 Å². The van der Waals surface area contributed by atoms with E-state index in [1.54, 1.807) is 11.4 Å². The fraction of sp³-hybridized carbons (Fsp3) is 0.731. The lowest BCUT2D eigenvalue weighted by Gasteiger charge is -2.35. The fourth-order valence-electron chi connectivity index (χ4n) is 5.21. The standard InChI is InChI=1S/C26H44N4O4S/c1-19-16-24(33-7)17-20(2)25(19)35(32)28(5)14-15-34-21(3)26(31)29(6)23-10-13-30(18-23)22-8-11-27(4)12-9-22/h16-17,21-23H,8-15,18H2,1-7H3/t21?,23-,35?/m1/s1. The lowest BCUT2D eigenvalue weighted by atomic mass is 10.0. The third-order valence-corrected chi connectivity index (χ3v) is 9.29. The van der Waals surface area contributed by atoms with Crippen molar-refractivity contribution in [3.63, 3.8) is 0 Å². The average Bonchev–Trinajstić information content (AvgIpc) is 3.33. The SMILES string of the molecule is COc1cc(C)c(S(=O)N(C)CCOC(C)C(=O)N(C)[C@@H]2CCN(C3CCN(C)CC3)C2)c(C)c1. The summed E-state index contributed by atoms with van der Waals surface area (Å²) in [5.74, 6) is 0.783. The van der Waals surface area contributed by atoms with E-state index in [1.165, 1.54) is 12.8 Å². The van der Waals surface area contributed by atoms with Gasteiger partial charge in [-0.15, -0.1) is 0 Å². The van der Waals surface area contributed by atoms with Gasteiger partial charge in [-0.2, -0.15) is 0 Å². The first-order valence-electron chi connectivity index (χ1n) is 12.7. The average molecular weight is 509 g/mol. The lowest BCUT2D eigenvalue weighted by molar-refractivity contribution is -0.143. The number of hydrogen-bond acceptors (Lipinski definition) is 6. The van der Waals surface area contributed by atoms with Crippen LogP contribution in [0.3, 0.4) is 0 Å². The minimum atomic E-state index is -1.31. The zero-order valence-corrected chi connectivity index (χ0v) is 23.4. The first-order valence-corrected chi connectivity index (χ1v) is 13.8. The number of methoxy groups -OCH3 is 1. The highest BCUT2D eigenvalue weighted by Gasteiger charge is 2.34. The molecule has 0 N–H and O–H groups in total. The van der Waals surface area contributed by atoms with Crippen molar-refractivity contribution in [3.05, 3.63) is 23.3 Å². The number of likely N-dealkylation sites (N-methyl/N-ethyl adjacent to an activating group) is 2. The van der Waals surface area contributed by atoms with Gasteiger partial charge in [0.15, 0.2) is 0 Å². The third kappa shape index (κ3) is 7.04. The Bertz CT molecular complexity index is 867. The van der Waals surface area contributed by atoms with Crippen molar-refractivity contribution in [2.24, 2.45) is 0 Å². The van der Waals surface area contributed by atoms with Crippen LogP contribution in [0.25, 0.3) is 0 Å². The molecule has 8 nitrogen and oxygen atoms in total. The van der Waals surface area contributed by atoms with Crippen molar-refractivity contribution >= 4 is 16.9 Å². The van der Waals surface area contributed by atoms with Crippen LogP contribution in [0.5, 0.6) is 5.75 Å². The van der Waals surface area contributed by atoms with Crippen molar-refractivity contribution in [1.29, 1.82) is 0 Å². The monoisotopic (exact) mass is 508 g/mol. The first-order chi connectivity index (χ1) is 16.6. The van der Waals surface area contributed by atoms with Gasteiger partial charge in [-0.1, -0.05) is 0 Å². The van der Waals surface area contributed by atoms with Crippen molar-refractivity contribution < 1.29 is 18.5 Å². The van der Waals surface area contributed by atoms with Gasteiger partial charge in [0, 0.05) is 45.8 Å². The maximum atomic E-state index is 13.1. The number of likely N-dealkylation sites (tertiary alicyclic amines) is 2. The quantitative estimate of drug-likeness (QED) is 0.483. The van der Waals surface area contributed by atoms with Crippen LogP contribution in [0.15, 0.2) is 17.0 Å². The van der Waals surface area contributed by atoms with Crippen LogP contribution >= 0.6 is 0 Å². The smallest absolute Gasteiger partial charge is 0.251 e. The van der Waals surface area contributed by atoms with Gasteiger partial charge in [-0.25, -0.2) is 8.51 Å². The van der Waals surface area contributed by atoms with Crippen LogP contribution in [0.2, 0.25) is 0 Å². The maximum absolute atomic E-state index is 13.1. The fourth-order valence-corrected chi connectivity index (χ4v) is 6.44. The third-order valence-electron chi connectivity index (χ3n) is 7.54. The molecular weight excluding hydrogens is 464 g/mol. The summed E-state index contributed by atoms with van der Waals surface area (Å²) >= 11 is 0. The zero-order chi connectivity index (χ0) is 25.7. The van der Waals surface area contributed by atoms with E-state index in [9.17, 15) is 9.00 Å². The van der Waals surface area contributed by atoms with E-state index in [1.807, 2.05) is 51.9 Å². The summed E-state index contributed by atoms with van der Waals surface area (Å²) in [4.78, 5) is 20.7. The van der Waals surface area contributed by atoms with E-state index in [-0.39, 0.29) is 11.9 Å². The second kappa shape index (κ2) is 12.6. The highest BCUT2D eigenvalue weighted by Crippen LogP contribution is 2.26. The van der Waals surface area contributed by atoms with Crippen molar-refractivity contribution in [3.8, 4) is 5.75 Å². The van der Waals surface area contributed by atoms with Gasteiger partial charge in [0.25, 0.3) is 5.91 Å². The molecule has 2 fully saturated rings. The Kier molecular flexibility index (Phi) is 10.1. The van der Waals surface area contributed by atoms with Gasteiger partial charge in [-0.05, 0) is 83.4 Å². The Morgan fingerprint density at radius 1 is 1.14 bits per heavy atom. The minimum absolute atomic E-state index is 0.0193. The molecule has 0 spiro atoms. The number of benzene rings is 1. The van der Waals surface area contributed by atoms with Crippen molar-refractivity contribution in [1.82, 2.24) is 19.0 Å². The summed E-state index contributed by atoms with van der Waals surface area (Å²) in [6, 6.07) is 4.68. The van der Waals surface area contributed by atoms with Crippen LogP contribution in [0.4, 0.5) is 0 Å². The minimum Gasteiger partial charge on any atom is -0.497 e. The molecule has 0 radical (unpaired) electrons. The largest absolute Gasteiger partial charge is 0.497 e. The Labute approximate surface area is 214 Å². The van der Waals surface area contributed by atoms with E-state index in [2.05, 4.69) is 16.8 Å². The molecule has 1 aromatic rings. The summed E-state index contributed by atoms with van der Waals surface area (Å²) in [5, 5.41) is 0. The molecule has 3 rings (SSSR count). The number of nitrogens with zero attached hydrogens (tertiary/aromatic N) is 4. The molecule has 2 aliphatic rings. The van der Waals surface area contributed by atoms with Gasteiger partial charge in [0.05, 0.1) is 18.6 Å². The van der Waals surface area contributed by atoms with E-state index in [0.29, 0.717) is 19.2 Å². The van der Waals surface area contributed by atoms with Crippen LogP contribution in [0.1, 0.15) is 37.3 Å². The predicted molar refractivity (Wildman–Crippen MR) is 140 cm³/mol. The Hall–Kier alpha value is -1.52. The second-order valence-corrected chi connectivity index (χ2v) is 11.7. The number of carbonyl (C=O) groups excluding carboxylic acids is 1. The van der Waals surface area contributed by atoms with Crippen molar-refractivity contribution in [2.45, 2.75) is 63.1 Å². The maximum Gasteiger partial charge on any atom is 0.251 e. The molecule has 198 valence electrons. The van der Waals surface area contributed by atoms with Crippen LogP contribution in [-0.2, 0) is 20.5 Å². The Morgan fingerprint density at radius 3 is 2.37 bits per heavy atom. The molecule has 0 aromatic heterocycles. The molecule has 0 saturated carbocycles. The highest BCUT2D eigenvalue weighted by molar-refractivity contribution is 7.82. The molecule has 2 aliphatic heterocycles. The molecule has 0 aliphatic carbocycles. The van der Waals surface area contributed by atoms with Gasteiger partial charge in [0.1, 0.15) is 22.8 Å². The number of amides is 1. The molecule has 35 heavy (non-hydrogen) atoms. The number of piperidine rings is 1. The Morgan fingerprint density at radius 2 is 1.77 bits per heavy atom. The predicted octanol–water partition coefficient (Wildman–Crippen LogP) is 2.30. The summed E-state index contributed by atoms with van der Waals surface area (Å²) in [7, 11) is 6.23. The molecular formula is C26H44N4O4S. The van der Waals surface area contributed by atoms with Gasteiger partial charge < -0.3 is 19.3 Å². The molecule has 2 heterocycles. The number of rotatable bonds is 10. The van der Waals surface area contributed by atoms with Gasteiger partial charge >= 0.3 is 0 Å². The molecule has 2 unspecified atom stereocenters. The van der Waals surface area contributed by atoms with Gasteiger partial charge in [-0.3, -0.25) is 9.69 Å². The zero-order valence-electron chi connectivity index (χ0n) is 22.6. The molecule has 0 bridgehead atoms. The summed E-state index contributed by atoms with van der Waals surface area (Å²) < 4.78 is 26.1. The lowest BCUT2D eigenvalue weighted by Crippen LogP contribution is -2.47. The van der Waals surface area contributed by atoms with E-state index in [0.717, 1.165) is 54.4 Å². The van der Waals surface area contributed by atoms with Crippen molar-refractivity contribution in [2.75, 3.05) is 67.6 Å². The number of hydrogen-bond donors (Lipinski definition) is 0. The molecule has 3 atom stereocenters. The molecule has 1 aromatic carbocycles. The topological polar surface area (TPSA) is 65.6 Å². The highest BCUT2D eigenvalue weighted by atomic mass is 32.2. The second-order valence-electron chi connectivity index (χ2n) is 10.1. The van der Waals surface area contributed by atoms with E-state index >= 15 is 0 Å².